The molecule has 4 aromatic rings. The van der Waals surface area contributed by atoms with E-state index >= 15 is 0 Å². The Hall–Kier alpha value is -4.39. The highest BCUT2D eigenvalue weighted by Gasteiger charge is 2.33. The number of amides is 2. The van der Waals surface area contributed by atoms with E-state index in [9.17, 15) is 4.79 Å². The minimum Gasteiger partial charge on any atom is -0.494 e. The number of ether oxygens (including phenoxy) is 3. The van der Waals surface area contributed by atoms with E-state index in [1.54, 1.807) is 14.2 Å². The number of carbonyl (C=O) groups excluding carboxylic acids is 1. The monoisotopic (exact) mass is 483 g/mol. The van der Waals surface area contributed by atoms with E-state index in [4.69, 9.17) is 14.2 Å². The van der Waals surface area contributed by atoms with Gasteiger partial charge in [-0.25, -0.2) is 4.79 Å². The van der Waals surface area contributed by atoms with E-state index < -0.39 is 0 Å². The Morgan fingerprint density at radius 3 is 2.47 bits per heavy atom. The van der Waals surface area contributed by atoms with Crippen LogP contribution in [0.1, 0.15) is 29.8 Å². The van der Waals surface area contributed by atoms with Gasteiger partial charge in [-0.1, -0.05) is 24.3 Å². The number of anilines is 1. The van der Waals surface area contributed by atoms with Gasteiger partial charge in [-0.3, -0.25) is 0 Å². The maximum absolute atomic E-state index is 13.9. The van der Waals surface area contributed by atoms with Gasteiger partial charge < -0.3 is 29.0 Å². The topological polar surface area (TPSA) is 65.0 Å². The molecule has 0 spiro atoms. The van der Waals surface area contributed by atoms with E-state index in [2.05, 4.69) is 28.1 Å². The van der Waals surface area contributed by atoms with Crippen LogP contribution in [-0.4, -0.2) is 36.3 Å². The molecule has 0 saturated heterocycles. The van der Waals surface area contributed by atoms with Crippen LogP contribution in [0.15, 0.2) is 85.1 Å². The van der Waals surface area contributed by atoms with Crippen LogP contribution in [0, 0.1) is 0 Å². The summed E-state index contributed by atoms with van der Waals surface area (Å²) in [6.45, 7) is 2.96. The number of carbonyl (C=O) groups is 1. The first-order chi connectivity index (χ1) is 17.6. The van der Waals surface area contributed by atoms with Crippen LogP contribution < -0.4 is 19.5 Å². The average Bonchev–Trinajstić information content (AvgIpc) is 3.33. The van der Waals surface area contributed by atoms with Crippen LogP contribution in [0.2, 0.25) is 0 Å². The number of para-hydroxylation sites is 1. The summed E-state index contributed by atoms with van der Waals surface area (Å²) in [6, 6.07) is 24.9. The number of hydrogen-bond acceptors (Lipinski definition) is 4. The molecule has 3 aromatic carbocycles. The van der Waals surface area contributed by atoms with Crippen LogP contribution >= 0.6 is 0 Å². The van der Waals surface area contributed by atoms with E-state index in [0.717, 1.165) is 28.3 Å². The van der Waals surface area contributed by atoms with Crippen LogP contribution in [-0.2, 0) is 6.54 Å². The lowest BCUT2D eigenvalue weighted by molar-refractivity contribution is 0.194. The normalized spacial score (nSPS) is 14.3. The molecule has 1 aromatic heterocycles. The van der Waals surface area contributed by atoms with Crippen LogP contribution in [0.5, 0.6) is 17.2 Å². The van der Waals surface area contributed by atoms with Crippen LogP contribution in [0.3, 0.4) is 0 Å². The molecular formula is C29H29N3O4. The van der Waals surface area contributed by atoms with Gasteiger partial charge in [-0.05, 0) is 72.6 Å². The summed E-state index contributed by atoms with van der Waals surface area (Å²) < 4.78 is 18.7. The number of hydrogen-bond donors (Lipinski definition) is 1. The summed E-state index contributed by atoms with van der Waals surface area (Å²) in [4.78, 5) is 15.7. The summed E-state index contributed by atoms with van der Waals surface area (Å²) in [7, 11) is 3.23. The van der Waals surface area contributed by atoms with Crippen molar-refractivity contribution in [2.24, 2.45) is 0 Å². The molecule has 0 saturated carbocycles. The first kappa shape index (κ1) is 23.4. The summed E-state index contributed by atoms with van der Waals surface area (Å²) in [5, 5.41) is 3.08. The summed E-state index contributed by atoms with van der Waals surface area (Å²) in [5.41, 5.74) is 4.71. The zero-order valence-electron chi connectivity index (χ0n) is 20.6. The maximum Gasteiger partial charge on any atom is 0.322 e. The van der Waals surface area contributed by atoms with Gasteiger partial charge >= 0.3 is 6.03 Å². The number of methoxy groups -OCH3 is 2. The highest BCUT2D eigenvalue weighted by Crippen LogP contribution is 2.39. The van der Waals surface area contributed by atoms with Crippen molar-refractivity contribution in [3.8, 4) is 22.9 Å². The fourth-order valence-electron chi connectivity index (χ4n) is 4.71. The largest absolute Gasteiger partial charge is 0.494 e. The molecule has 2 heterocycles. The Balaban J connectivity index is 1.58. The van der Waals surface area contributed by atoms with Crippen LogP contribution in [0.25, 0.3) is 5.69 Å². The van der Waals surface area contributed by atoms with Crippen molar-refractivity contribution in [1.29, 1.82) is 0 Å². The Bertz CT molecular complexity index is 1360. The summed E-state index contributed by atoms with van der Waals surface area (Å²) >= 11 is 0. The first-order valence-electron chi connectivity index (χ1n) is 11.9. The molecule has 36 heavy (non-hydrogen) atoms. The molecule has 2 amide bonds. The van der Waals surface area contributed by atoms with Crippen molar-refractivity contribution < 1.29 is 19.0 Å². The molecule has 1 unspecified atom stereocenters. The van der Waals surface area contributed by atoms with Gasteiger partial charge in [0.1, 0.15) is 5.75 Å². The Morgan fingerprint density at radius 1 is 0.944 bits per heavy atom. The van der Waals surface area contributed by atoms with E-state index in [1.807, 2.05) is 78.7 Å². The molecular weight excluding hydrogens is 454 g/mol. The number of aromatic nitrogens is 1. The second-order valence-corrected chi connectivity index (χ2v) is 8.46. The Labute approximate surface area is 210 Å². The molecule has 1 aliphatic rings. The molecule has 7 nitrogen and oxygen atoms in total. The van der Waals surface area contributed by atoms with Crippen molar-refractivity contribution in [3.05, 3.63) is 102 Å². The third kappa shape index (κ3) is 4.35. The Kier molecular flexibility index (Phi) is 6.54. The fraction of sp³-hybridized carbons (Fsp3) is 0.207. The second kappa shape index (κ2) is 10.1. The zero-order chi connectivity index (χ0) is 25.1. The summed E-state index contributed by atoms with van der Waals surface area (Å²) in [5.74, 6) is 2.01. The van der Waals surface area contributed by atoms with Gasteiger partial charge in [-0.2, -0.15) is 0 Å². The van der Waals surface area contributed by atoms with E-state index in [-0.39, 0.29) is 12.1 Å². The number of nitrogens with one attached hydrogen (secondary N) is 1. The van der Waals surface area contributed by atoms with Gasteiger partial charge in [0.25, 0.3) is 0 Å². The fourth-order valence-corrected chi connectivity index (χ4v) is 4.71. The smallest absolute Gasteiger partial charge is 0.322 e. The molecule has 0 radical (unpaired) electrons. The number of fused-ring (bicyclic) bond motifs is 3. The molecule has 0 bridgehead atoms. The van der Waals surface area contributed by atoms with Crippen molar-refractivity contribution in [2.45, 2.75) is 19.5 Å². The maximum atomic E-state index is 13.9. The molecule has 1 aliphatic heterocycles. The quantitative estimate of drug-likeness (QED) is 0.364. The summed E-state index contributed by atoms with van der Waals surface area (Å²) in [6.07, 6.45) is 2.04. The predicted octanol–water partition coefficient (Wildman–Crippen LogP) is 6.03. The van der Waals surface area contributed by atoms with E-state index in [0.29, 0.717) is 30.3 Å². The highest BCUT2D eigenvalue weighted by molar-refractivity contribution is 5.90. The molecule has 184 valence electrons. The third-order valence-electron chi connectivity index (χ3n) is 6.36. The van der Waals surface area contributed by atoms with Crippen molar-refractivity contribution in [3.63, 3.8) is 0 Å². The van der Waals surface area contributed by atoms with Crippen molar-refractivity contribution in [2.75, 3.05) is 26.1 Å². The standard InChI is InChI=1S/C29H29N3O4/c1-4-36-23-14-12-22(13-15-23)30-29(33)32-19-21-8-5-6-9-24(21)31-17-7-10-25(31)28(32)20-11-16-26(34-2)27(18-20)35-3/h5-18,28H,4,19H2,1-3H3,(H,30,33). The highest BCUT2D eigenvalue weighted by atomic mass is 16.5. The molecule has 7 heteroatoms. The number of nitrogens with zero attached hydrogens (tertiary/aromatic N) is 2. The van der Waals surface area contributed by atoms with Gasteiger partial charge in [-0.15, -0.1) is 0 Å². The predicted molar refractivity (Wildman–Crippen MR) is 139 cm³/mol. The SMILES string of the molecule is CCOc1ccc(NC(=O)N2Cc3ccccc3-n3cccc3C2c2ccc(OC)c(OC)c2)cc1. The number of urea groups is 1. The van der Waals surface area contributed by atoms with Crippen molar-refractivity contribution >= 4 is 11.7 Å². The van der Waals surface area contributed by atoms with Gasteiger partial charge in [0.05, 0.1) is 39.1 Å². The lowest BCUT2D eigenvalue weighted by Crippen LogP contribution is -2.37. The average molecular weight is 484 g/mol. The minimum absolute atomic E-state index is 0.205. The number of rotatable bonds is 6. The molecule has 0 fully saturated rings. The van der Waals surface area contributed by atoms with E-state index in [1.165, 1.54) is 0 Å². The number of benzene rings is 3. The first-order valence-corrected chi connectivity index (χ1v) is 11.9. The molecule has 0 aliphatic carbocycles. The minimum atomic E-state index is -0.366. The molecule has 1 N–H and O–H groups in total. The lowest BCUT2D eigenvalue weighted by atomic mass is 10.0. The van der Waals surface area contributed by atoms with Gasteiger partial charge in [0.2, 0.25) is 0 Å². The lowest BCUT2D eigenvalue weighted by Gasteiger charge is -2.31. The zero-order valence-corrected chi connectivity index (χ0v) is 20.6. The van der Waals surface area contributed by atoms with Crippen molar-refractivity contribution in [1.82, 2.24) is 9.47 Å². The molecule has 1 atom stereocenters. The second-order valence-electron chi connectivity index (χ2n) is 8.46. The van der Waals surface area contributed by atoms with Crippen LogP contribution in [0.4, 0.5) is 10.5 Å². The van der Waals surface area contributed by atoms with Gasteiger partial charge in [0.15, 0.2) is 11.5 Å². The van der Waals surface area contributed by atoms with Gasteiger partial charge in [0, 0.05) is 17.6 Å². The third-order valence-corrected chi connectivity index (χ3v) is 6.36. The Morgan fingerprint density at radius 2 is 1.72 bits per heavy atom. The molecule has 5 rings (SSSR count).